The Bertz CT molecular complexity index is 991. The minimum atomic E-state index is -0.990. The first-order valence-corrected chi connectivity index (χ1v) is 9.56. The number of methoxy groups -OCH3 is 1. The summed E-state index contributed by atoms with van der Waals surface area (Å²) in [6.45, 7) is 0. The molecule has 8 nitrogen and oxygen atoms in total. The van der Waals surface area contributed by atoms with E-state index in [-0.39, 0.29) is 16.8 Å². The van der Waals surface area contributed by atoms with E-state index in [9.17, 15) is 19.2 Å². The number of amides is 3. The van der Waals surface area contributed by atoms with Crippen molar-refractivity contribution in [2.45, 2.75) is 5.92 Å². The number of benzene rings is 2. The van der Waals surface area contributed by atoms with Gasteiger partial charge in [0.15, 0.2) is 5.17 Å². The number of hydrogen-bond acceptors (Lipinski definition) is 6. The molecule has 2 aromatic carbocycles. The van der Waals surface area contributed by atoms with Crippen molar-refractivity contribution in [3.8, 4) is 0 Å². The molecule has 0 aliphatic carbocycles. The van der Waals surface area contributed by atoms with Crippen LogP contribution in [0.3, 0.4) is 0 Å². The Morgan fingerprint density at radius 1 is 1.14 bits per heavy atom. The zero-order chi connectivity index (χ0) is 20.8. The first kappa shape index (κ1) is 20.3. The van der Waals surface area contributed by atoms with E-state index in [1.165, 1.54) is 13.2 Å². The number of rotatable bonds is 5. The third-order valence-corrected chi connectivity index (χ3v) is 4.86. The number of carbonyl (C=O) groups is 4. The van der Waals surface area contributed by atoms with E-state index in [1.54, 1.807) is 48.5 Å². The highest BCUT2D eigenvalue weighted by Gasteiger charge is 2.33. The second-order valence-corrected chi connectivity index (χ2v) is 6.96. The van der Waals surface area contributed by atoms with Gasteiger partial charge in [0.1, 0.15) is 5.92 Å². The molecule has 1 atom stereocenters. The van der Waals surface area contributed by atoms with Gasteiger partial charge in [-0.3, -0.25) is 14.4 Å². The summed E-state index contributed by atoms with van der Waals surface area (Å²) >= 11 is 0.938. The maximum Gasteiger partial charge on any atom is 0.337 e. The van der Waals surface area contributed by atoms with Gasteiger partial charge in [0.05, 0.1) is 18.4 Å². The molecular weight excluding hydrogens is 394 g/mol. The molecule has 0 aromatic heterocycles. The zero-order valence-corrected chi connectivity index (χ0v) is 16.2. The number of ether oxygens (including phenoxy) is 1. The lowest BCUT2D eigenvalue weighted by Crippen LogP contribution is -2.41. The van der Waals surface area contributed by atoms with E-state index in [4.69, 9.17) is 0 Å². The first-order chi connectivity index (χ1) is 14.0. The molecule has 0 radical (unpaired) electrons. The van der Waals surface area contributed by atoms with Crippen LogP contribution in [0, 0.1) is 0 Å². The second kappa shape index (κ2) is 9.16. The zero-order valence-electron chi connectivity index (χ0n) is 15.4. The molecule has 1 aliphatic rings. The molecule has 148 valence electrons. The summed E-state index contributed by atoms with van der Waals surface area (Å²) < 4.78 is 4.64. The van der Waals surface area contributed by atoms with Crippen LogP contribution in [0.5, 0.6) is 0 Å². The van der Waals surface area contributed by atoms with Crippen LogP contribution in [0.1, 0.15) is 21.8 Å². The van der Waals surface area contributed by atoms with Crippen LogP contribution < -0.4 is 10.6 Å². The van der Waals surface area contributed by atoms with Crippen LogP contribution >= 0.6 is 11.8 Å². The normalized spacial score (nSPS) is 15.9. The lowest BCUT2D eigenvalue weighted by atomic mass is 9.97. The fourth-order valence-corrected chi connectivity index (χ4v) is 3.33. The van der Waals surface area contributed by atoms with E-state index in [1.807, 2.05) is 0 Å². The molecule has 0 bridgehead atoms. The molecule has 2 aromatic rings. The van der Waals surface area contributed by atoms with E-state index in [0.29, 0.717) is 16.8 Å². The largest absolute Gasteiger partial charge is 0.465 e. The van der Waals surface area contributed by atoms with E-state index in [0.717, 1.165) is 11.8 Å². The highest BCUT2D eigenvalue weighted by Crippen LogP contribution is 2.22. The Balaban J connectivity index is 1.59. The fraction of sp³-hybridized carbons (Fsp3) is 0.150. The lowest BCUT2D eigenvalue weighted by Gasteiger charge is -2.19. The summed E-state index contributed by atoms with van der Waals surface area (Å²) in [7, 11) is 1.27. The van der Waals surface area contributed by atoms with Crippen molar-refractivity contribution < 1.29 is 23.9 Å². The van der Waals surface area contributed by atoms with Crippen molar-refractivity contribution in [3.63, 3.8) is 0 Å². The molecule has 3 rings (SSSR count). The van der Waals surface area contributed by atoms with Crippen LogP contribution in [0.15, 0.2) is 59.6 Å². The number of hydrogen-bond donors (Lipinski definition) is 2. The number of carbonyl (C=O) groups excluding carboxylic acids is 4. The van der Waals surface area contributed by atoms with Crippen LogP contribution in [0.2, 0.25) is 0 Å². The van der Waals surface area contributed by atoms with Crippen LogP contribution in [0.4, 0.5) is 5.69 Å². The van der Waals surface area contributed by atoms with Crippen molar-refractivity contribution in [1.82, 2.24) is 5.32 Å². The smallest absolute Gasteiger partial charge is 0.337 e. The van der Waals surface area contributed by atoms with Gasteiger partial charge in [-0.1, -0.05) is 48.2 Å². The third-order valence-electron chi connectivity index (χ3n) is 3.99. The molecule has 0 fully saturated rings. The molecule has 9 heteroatoms. The van der Waals surface area contributed by atoms with Crippen molar-refractivity contribution in [3.05, 3.63) is 65.7 Å². The highest BCUT2D eigenvalue weighted by atomic mass is 32.2. The monoisotopic (exact) mass is 411 g/mol. The Morgan fingerprint density at radius 3 is 2.59 bits per heavy atom. The third kappa shape index (κ3) is 5.08. The summed E-state index contributed by atoms with van der Waals surface area (Å²) in [6.07, 6.45) is 0. The number of nitrogens with one attached hydrogen (secondary N) is 2. The SMILES string of the molecule is COC(=O)c1cccc(NC(=O)CSC2=NC(=O)C(c3ccccc3)C(=O)N2)c1. The molecule has 29 heavy (non-hydrogen) atoms. The molecule has 0 saturated carbocycles. The van der Waals surface area contributed by atoms with E-state index in [2.05, 4.69) is 20.4 Å². The number of aliphatic imine (C=N–C) groups is 1. The minimum Gasteiger partial charge on any atom is -0.465 e. The van der Waals surface area contributed by atoms with E-state index < -0.39 is 23.7 Å². The second-order valence-electron chi connectivity index (χ2n) is 6.00. The predicted molar refractivity (Wildman–Crippen MR) is 109 cm³/mol. The maximum atomic E-state index is 12.3. The first-order valence-electron chi connectivity index (χ1n) is 8.57. The van der Waals surface area contributed by atoms with Crippen LogP contribution in [0.25, 0.3) is 0 Å². The van der Waals surface area contributed by atoms with Gasteiger partial charge in [0.25, 0.3) is 5.91 Å². The van der Waals surface area contributed by atoms with Crippen LogP contribution in [-0.4, -0.2) is 41.7 Å². The molecule has 2 N–H and O–H groups in total. The summed E-state index contributed by atoms with van der Waals surface area (Å²) in [6, 6.07) is 14.9. The van der Waals surface area contributed by atoms with Gasteiger partial charge in [-0.05, 0) is 23.8 Å². The predicted octanol–water partition coefficient (Wildman–Crippen LogP) is 1.94. The molecule has 1 aliphatic heterocycles. The van der Waals surface area contributed by atoms with Gasteiger partial charge < -0.3 is 15.4 Å². The molecule has 1 heterocycles. The lowest BCUT2D eigenvalue weighted by molar-refractivity contribution is -0.129. The fourth-order valence-electron chi connectivity index (χ4n) is 2.66. The summed E-state index contributed by atoms with van der Waals surface area (Å²) in [5, 5.41) is 5.27. The topological polar surface area (TPSA) is 114 Å². The Morgan fingerprint density at radius 2 is 1.90 bits per heavy atom. The minimum absolute atomic E-state index is 0.0747. The molecule has 1 unspecified atom stereocenters. The highest BCUT2D eigenvalue weighted by molar-refractivity contribution is 8.14. The number of thioether (sulfide) groups is 1. The van der Waals surface area contributed by atoms with Crippen molar-refractivity contribution in [2.75, 3.05) is 18.2 Å². The molecule has 0 spiro atoms. The summed E-state index contributed by atoms with van der Waals surface area (Å²) in [4.78, 5) is 52.2. The number of anilines is 1. The van der Waals surface area contributed by atoms with Gasteiger partial charge in [-0.25, -0.2) is 4.79 Å². The van der Waals surface area contributed by atoms with Gasteiger partial charge in [-0.2, -0.15) is 4.99 Å². The summed E-state index contributed by atoms with van der Waals surface area (Å²) in [5.74, 6) is -3.02. The maximum absolute atomic E-state index is 12.3. The van der Waals surface area contributed by atoms with Crippen LogP contribution in [-0.2, 0) is 19.1 Å². The van der Waals surface area contributed by atoms with E-state index >= 15 is 0 Å². The number of esters is 1. The molecule has 3 amide bonds. The standard InChI is InChI=1S/C20H17N3O5S/c1-28-19(27)13-8-5-9-14(10-13)21-15(24)11-29-20-22-17(25)16(18(26)23-20)12-6-3-2-4-7-12/h2-10,16H,11H2,1H3,(H,21,24)(H,22,23,25,26). The average Bonchev–Trinajstić information content (AvgIpc) is 2.72. The number of amidine groups is 1. The van der Waals surface area contributed by atoms with Crippen molar-refractivity contribution in [2.24, 2.45) is 4.99 Å². The Hall–Kier alpha value is -3.46. The Labute approximate surface area is 170 Å². The summed E-state index contributed by atoms with van der Waals surface area (Å²) in [5.41, 5.74) is 1.29. The van der Waals surface area contributed by atoms with Gasteiger partial charge >= 0.3 is 5.97 Å². The Kier molecular flexibility index (Phi) is 6.40. The number of nitrogens with zero attached hydrogens (tertiary/aromatic N) is 1. The average molecular weight is 411 g/mol. The van der Waals surface area contributed by atoms with Gasteiger partial charge in [0, 0.05) is 5.69 Å². The van der Waals surface area contributed by atoms with Gasteiger partial charge in [0.2, 0.25) is 11.8 Å². The van der Waals surface area contributed by atoms with Gasteiger partial charge in [-0.15, -0.1) is 0 Å². The molecule has 0 saturated heterocycles. The quantitative estimate of drug-likeness (QED) is 0.574. The molecular formula is C20H17N3O5S. The van der Waals surface area contributed by atoms with Crippen molar-refractivity contribution in [1.29, 1.82) is 0 Å². The van der Waals surface area contributed by atoms with Crippen molar-refractivity contribution >= 4 is 46.3 Å².